The molecule has 0 heterocycles. The first-order valence-corrected chi connectivity index (χ1v) is 3.65. The summed E-state index contributed by atoms with van der Waals surface area (Å²) in [6, 6.07) is 0. The van der Waals surface area contributed by atoms with Gasteiger partial charge in [0.15, 0.2) is 0 Å². The van der Waals surface area contributed by atoms with Gasteiger partial charge in [-0.05, 0) is 19.3 Å². The van der Waals surface area contributed by atoms with Crippen LogP contribution in [0.4, 0.5) is 0 Å². The van der Waals surface area contributed by atoms with Crippen LogP contribution in [0.3, 0.4) is 0 Å². The smallest absolute Gasteiger partial charge is 0.306 e. The highest BCUT2D eigenvalue weighted by atomic mass is 35.5. The first-order valence-electron chi connectivity index (χ1n) is 3.27. The van der Waals surface area contributed by atoms with Gasteiger partial charge in [-0.3, -0.25) is 4.79 Å². The molecule has 0 saturated heterocycles. The summed E-state index contributed by atoms with van der Waals surface area (Å²) in [5.41, 5.74) is 0. The summed E-state index contributed by atoms with van der Waals surface area (Å²) in [5.74, 6) is -0.914. The predicted molar refractivity (Wildman–Crippen MR) is 38.9 cm³/mol. The third-order valence-electron chi connectivity index (χ3n) is 1.70. The lowest BCUT2D eigenvalue weighted by Crippen LogP contribution is -2.15. The van der Waals surface area contributed by atoms with Crippen molar-refractivity contribution in [3.63, 3.8) is 0 Å². The second kappa shape index (κ2) is 3.06. The van der Waals surface area contributed by atoms with Crippen LogP contribution in [0.5, 0.6) is 0 Å². The van der Waals surface area contributed by atoms with Crippen LogP contribution in [0.1, 0.15) is 19.3 Å². The summed E-state index contributed by atoms with van der Waals surface area (Å²) < 4.78 is 0. The van der Waals surface area contributed by atoms with Crippen LogP contribution >= 0.6 is 11.6 Å². The van der Waals surface area contributed by atoms with E-state index in [4.69, 9.17) is 16.7 Å². The summed E-state index contributed by atoms with van der Waals surface area (Å²) >= 11 is 5.65. The predicted octanol–water partition coefficient (Wildman–Crippen LogP) is 1.99. The number of carbonyl (C=O) groups is 1. The molecule has 56 valence electrons. The monoisotopic (exact) mass is 160 g/mol. The topological polar surface area (TPSA) is 37.3 Å². The SMILES string of the molecule is O=C(O)C1CC=C(Cl)CC1. The molecule has 0 amide bonds. The highest BCUT2D eigenvalue weighted by Crippen LogP contribution is 2.25. The molecular formula is C7H9ClO2. The van der Waals surface area contributed by atoms with Gasteiger partial charge in [-0.15, -0.1) is 0 Å². The normalized spacial score (nSPS) is 25.7. The van der Waals surface area contributed by atoms with Crippen LogP contribution in [-0.2, 0) is 4.79 Å². The zero-order valence-corrected chi connectivity index (χ0v) is 6.27. The Morgan fingerprint density at radius 3 is 2.90 bits per heavy atom. The molecule has 0 aromatic rings. The van der Waals surface area contributed by atoms with Crippen molar-refractivity contribution >= 4 is 17.6 Å². The fourth-order valence-electron chi connectivity index (χ4n) is 1.03. The molecule has 1 atom stereocenters. The van der Waals surface area contributed by atoms with Gasteiger partial charge >= 0.3 is 5.97 Å². The maximum absolute atomic E-state index is 10.4. The zero-order chi connectivity index (χ0) is 7.56. The number of allylic oxidation sites excluding steroid dienone is 2. The van der Waals surface area contributed by atoms with Gasteiger partial charge in [-0.25, -0.2) is 0 Å². The average molecular weight is 161 g/mol. The Labute approximate surface area is 64.5 Å². The van der Waals surface area contributed by atoms with Crippen molar-refractivity contribution in [2.45, 2.75) is 19.3 Å². The first kappa shape index (κ1) is 7.61. The van der Waals surface area contributed by atoms with E-state index in [1.165, 1.54) is 0 Å². The van der Waals surface area contributed by atoms with E-state index in [9.17, 15) is 4.79 Å². The number of aliphatic carboxylic acids is 1. The van der Waals surface area contributed by atoms with E-state index >= 15 is 0 Å². The Morgan fingerprint density at radius 1 is 1.80 bits per heavy atom. The van der Waals surface area contributed by atoms with Crippen LogP contribution in [0.25, 0.3) is 0 Å². The lowest BCUT2D eigenvalue weighted by atomic mass is 9.95. The van der Waals surface area contributed by atoms with Crippen molar-refractivity contribution in [3.8, 4) is 0 Å². The Balaban J connectivity index is 2.50. The molecule has 0 bridgehead atoms. The van der Waals surface area contributed by atoms with Crippen LogP contribution in [0.2, 0.25) is 0 Å². The van der Waals surface area contributed by atoms with Crippen molar-refractivity contribution in [1.82, 2.24) is 0 Å². The molecule has 1 N–H and O–H groups in total. The van der Waals surface area contributed by atoms with E-state index in [-0.39, 0.29) is 5.92 Å². The largest absolute Gasteiger partial charge is 0.481 e. The molecule has 1 unspecified atom stereocenters. The molecule has 10 heavy (non-hydrogen) atoms. The summed E-state index contributed by atoms with van der Waals surface area (Å²) in [6.45, 7) is 0. The highest BCUT2D eigenvalue weighted by Gasteiger charge is 2.19. The highest BCUT2D eigenvalue weighted by molar-refractivity contribution is 6.29. The van der Waals surface area contributed by atoms with E-state index in [1.54, 1.807) is 6.08 Å². The van der Waals surface area contributed by atoms with Crippen LogP contribution in [0, 0.1) is 5.92 Å². The van der Waals surface area contributed by atoms with Crippen LogP contribution in [-0.4, -0.2) is 11.1 Å². The lowest BCUT2D eigenvalue weighted by molar-refractivity contribution is -0.141. The van der Waals surface area contributed by atoms with Crippen LogP contribution in [0.15, 0.2) is 11.1 Å². The minimum absolute atomic E-state index is 0.206. The van der Waals surface area contributed by atoms with Crippen molar-refractivity contribution in [3.05, 3.63) is 11.1 Å². The summed E-state index contributed by atoms with van der Waals surface area (Å²) in [5, 5.41) is 9.36. The second-order valence-electron chi connectivity index (χ2n) is 2.46. The quantitative estimate of drug-likeness (QED) is 0.637. The standard InChI is InChI=1S/C7H9ClO2/c8-6-3-1-5(2-4-6)7(9)10/h3,5H,1-2,4H2,(H,9,10). The fourth-order valence-corrected chi connectivity index (χ4v) is 1.22. The molecular weight excluding hydrogens is 152 g/mol. The Morgan fingerprint density at radius 2 is 2.50 bits per heavy atom. The molecule has 0 spiro atoms. The summed E-state index contributed by atoms with van der Waals surface area (Å²) in [6.07, 6.45) is 3.79. The minimum atomic E-state index is -0.708. The van der Waals surface area contributed by atoms with Gasteiger partial charge in [0, 0.05) is 5.03 Å². The lowest BCUT2D eigenvalue weighted by Gasteiger charge is -2.14. The summed E-state index contributed by atoms with van der Waals surface area (Å²) in [7, 11) is 0. The number of halogens is 1. The van der Waals surface area contributed by atoms with Crippen molar-refractivity contribution in [2.24, 2.45) is 5.92 Å². The van der Waals surface area contributed by atoms with E-state index < -0.39 is 5.97 Å². The van der Waals surface area contributed by atoms with Crippen molar-refractivity contribution in [1.29, 1.82) is 0 Å². The van der Waals surface area contributed by atoms with Gasteiger partial charge in [0.25, 0.3) is 0 Å². The molecule has 1 rings (SSSR count). The van der Waals surface area contributed by atoms with E-state index in [1.807, 2.05) is 0 Å². The third-order valence-corrected chi connectivity index (χ3v) is 2.05. The number of hydrogen-bond acceptors (Lipinski definition) is 1. The van der Waals surface area contributed by atoms with E-state index in [0.29, 0.717) is 12.8 Å². The van der Waals surface area contributed by atoms with Gasteiger partial charge < -0.3 is 5.11 Å². The van der Waals surface area contributed by atoms with E-state index in [0.717, 1.165) is 11.5 Å². The van der Waals surface area contributed by atoms with Gasteiger partial charge in [-0.2, -0.15) is 0 Å². The van der Waals surface area contributed by atoms with Crippen molar-refractivity contribution < 1.29 is 9.90 Å². The number of hydrogen-bond donors (Lipinski definition) is 1. The fraction of sp³-hybridized carbons (Fsp3) is 0.571. The second-order valence-corrected chi connectivity index (χ2v) is 2.95. The van der Waals surface area contributed by atoms with Crippen molar-refractivity contribution in [2.75, 3.05) is 0 Å². The molecule has 0 fully saturated rings. The average Bonchev–Trinajstić information content (AvgIpc) is 1.88. The first-order chi connectivity index (χ1) is 4.70. The molecule has 1 aliphatic carbocycles. The minimum Gasteiger partial charge on any atom is -0.481 e. The number of carboxylic acid groups (broad SMARTS) is 1. The molecule has 2 nitrogen and oxygen atoms in total. The summed E-state index contributed by atoms with van der Waals surface area (Å²) in [4.78, 5) is 10.4. The van der Waals surface area contributed by atoms with Gasteiger partial charge in [-0.1, -0.05) is 17.7 Å². The van der Waals surface area contributed by atoms with Gasteiger partial charge in [0.1, 0.15) is 0 Å². The van der Waals surface area contributed by atoms with Gasteiger partial charge in [0.05, 0.1) is 5.92 Å². The maximum atomic E-state index is 10.4. The zero-order valence-electron chi connectivity index (χ0n) is 5.51. The Hall–Kier alpha value is -0.500. The molecule has 1 aliphatic rings. The van der Waals surface area contributed by atoms with E-state index in [2.05, 4.69) is 0 Å². The van der Waals surface area contributed by atoms with Gasteiger partial charge in [0.2, 0.25) is 0 Å². The number of rotatable bonds is 1. The molecule has 0 aliphatic heterocycles. The number of carboxylic acids is 1. The third kappa shape index (κ3) is 1.74. The van der Waals surface area contributed by atoms with Crippen LogP contribution < -0.4 is 0 Å². The molecule has 0 radical (unpaired) electrons. The molecule has 0 aromatic carbocycles. The Kier molecular flexibility index (Phi) is 2.33. The molecule has 0 aromatic heterocycles. The Bertz CT molecular complexity index is 174. The maximum Gasteiger partial charge on any atom is 0.306 e. The molecule has 0 saturated carbocycles. The molecule has 3 heteroatoms.